The zero-order valence-electron chi connectivity index (χ0n) is 14.7. The maximum absolute atomic E-state index is 13.0. The standard InChI is InChI=1S/C18H21F3N4O/c1-3-24(4-2)17-22-12-15(13-23-17)25(16(26)18(19,20)21)11-10-14-8-6-5-7-9-14/h5-9,12-13H,3-4,10-11H2,1-2H3. The summed E-state index contributed by atoms with van der Waals surface area (Å²) in [4.78, 5) is 22.6. The van der Waals surface area contributed by atoms with Crippen molar-refractivity contribution in [1.29, 1.82) is 0 Å². The van der Waals surface area contributed by atoms with Crippen molar-refractivity contribution in [2.45, 2.75) is 26.4 Å². The predicted octanol–water partition coefficient (Wildman–Crippen LogP) is 3.46. The number of carbonyl (C=O) groups is 1. The largest absolute Gasteiger partial charge is 0.471 e. The molecule has 0 bridgehead atoms. The fourth-order valence-corrected chi connectivity index (χ4v) is 2.51. The van der Waals surface area contributed by atoms with E-state index >= 15 is 0 Å². The van der Waals surface area contributed by atoms with Crippen LogP contribution in [-0.2, 0) is 11.2 Å². The lowest BCUT2D eigenvalue weighted by Crippen LogP contribution is -2.42. The third-order valence-corrected chi connectivity index (χ3v) is 3.94. The van der Waals surface area contributed by atoms with Crippen LogP contribution in [0.2, 0.25) is 0 Å². The minimum absolute atomic E-state index is 0.0270. The molecular weight excluding hydrogens is 345 g/mol. The van der Waals surface area contributed by atoms with Gasteiger partial charge in [-0.1, -0.05) is 30.3 Å². The van der Waals surface area contributed by atoms with Crippen LogP contribution in [0.25, 0.3) is 0 Å². The molecule has 8 heteroatoms. The van der Waals surface area contributed by atoms with Crippen LogP contribution in [0, 0.1) is 0 Å². The van der Waals surface area contributed by atoms with E-state index in [0.29, 0.717) is 30.4 Å². The van der Waals surface area contributed by atoms with Crippen molar-refractivity contribution in [3.8, 4) is 0 Å². The van der Waals surface area contributed by atoms with Crippen LogP contribution in [0.1, 0.15) is 19.4 Å². The molecule has 0 N–H and O–H groups in total. The van der Waals surface area contributed by atoms with Crippen molar-refractivity contribution in [1.82, 2.24) is 9.97 Å². The molecule has 0 radical (unpaired) electrons. The van der Waals surface area contributed by atoms with Gasteiger partial charge in [0.2, 0.25) is 5.95 Å². The Bertz CT molecular complexity index is 701. The van der Waals surface area contributed by atoms with Gasteiger partial charge < -0.3 is 9.80 Å². The van der Waals surface area contributed by atoms with E-state index in [2.05, 4.69) is 9.97 Å². The van der Waals surface area contributed by atoms with Gasteiger partial charge in [-0.3, -0.25) is 4.79 Å². The number of amides is 1. The van der Waals surface area contributed by atoms with Gasteiger partial charge in [-0.15, -0.1) is 0 Å². The van der Waals surface area contributed by atoms with Crippen molar-refractivity contribution in [2.24, 2.45) is 0 Å². The van der Waals surface area contributed by atoms with Crippen molar-refractivity contribution in [3.05, 3.63) is 48.3 Å². The number of nitrogens with zero attached hydrogens (tertiary/aromatic N) is 4. The molecule has 0 aliphatic carbocycles. The van der Waals surface area contributed by atoms with E-state index in [1.165, 1.54) is 12.4 Å². The van der Waals surface area contributed by atoms with Gasteiger partial charge in [0.05, 0.1) is 18.1 Å². The molecule has 5 nitrogen and oxygen atoms in total. The normalized spacial score (nSPS) is 11.3. The minimum atomic E-state index is -4.96. The molecule has 0 saturated carbocycles. The third kappa shape index (κ3) is 4.93. The summed E-state index contributed by atoms with van der Waals surface area (Å²) in [6, 6.07) is 9.02. The van der Waals surface area contributed by atoms with Gasteiger partial charge in [0, 0.05) is 19.6 Å². The van der Waals surface area contributed by atoms with Gasteiger partial charge in [0.15, 0.2) is 0 Å². The second-order valence-corrected chi connectivity index (χ2v) is 5.60. The molecule has 0 fully saturated rings. The van der Waals surface area contributed by atoms with Gasteiger partial charge in [0.25, 0.3) is 0 Å². The molecule has 0 spiro atoms. The second-order valence-electron chi connectivity index (χ2n) is 5.60. The van der Waals surface area contributed by atoms with Crippen molar-refractivity contribution in [3.63, 3.8) is 0 Å². The predicted molar refractivity (Wildman–Crippen MR) is 94.1 cm³/mol. The van der Waals surface area contributed by atoms with Crippen LogP contribution in [0.15, 0.2) is 42.7 Å². The van der Waals surface area contributed by atoms with E-state index < -0.39 is 12.1 Å². The van der Waals surface area contributed by atoms with Gasteiger partial charge >= 0.3 is 12.1 Å². The highest BCUT2D eigenvalue weighted by atomic mass is 19.4. The lowest BCUT2D eigenvalue weighted by molar-refractivity contribution is -0.170. The van der Waals surface area contributed by atoms with Crippen LogP contribution in [0.3, 0.4) is 0 Å². The summed E-state index contributed by atoms with van der Waals surface area (Å²) in [6.07, 6.45) is -2.15. The molecule has 2 rings (SSSR count). The molecule has 0 saturated heterocycles. The van der Waals surface area contributed by atoms with Crippen LogP contribution in [-0.4, -0.2) is 41.7 Å². The fourth-order valence-electron chi connectivity index (χ4n) is 2.51. The van der Waals surface area contributed by atoms with Crippen LogP contribution in [0.4, 0.5) is 24.8 Å². The molecule has 1 amide bonds. The summed E-state index contributed by atoms with van der Waals surface area (Å²) in [6.45, 7) is 5.10. The molecule has 0 aliphatic rings. The average Bonchev–Trinajstić information content (AvgIpc) is 2.64. The number of hydrogen-bond donors (Lipinski definition) is 0. The molecule has 1 aromatic carbocycles. The van der Waals surface area contributed by atoms with Gasteiger partial charge in [0.1, 0.15) is 0 Å². The maximum atomic E-state index is 13.0. The molecule has 0 atom stereocenters. The molecule has 26 heavy (non-hydrogen) atoms. The Balaban J connectivity index is 2.24. The molecule has 1 heterocycles. The number of rotatable bonds is 7. The first-order chi connectivity index (χ1) is 12.4. The highest BCUT2D eigenvalue weighted by molar-refractivity contribution is 5.97. The number of halogens is 3. The Morgan fingerprint density at radius 3 is 2.12 bits per heavy atom. The number of aromatic nitrogens is 2. The first-order valence-corrected chi connectivity index (χ1v) is 8.36. The number of anilines is 2. The third-order valence-electron chi connectivity index (χ3n) is 3.94. The molecule has 140 valence electrons. The summed E-state index contributed by atoms with van der Waals surface area (Å²) >= 11 is 0. The highest BCUT2D eigenvalue weighted by Crippen LogP contribution is 2.24. The van der Waals surface area contributed by atoms with E-state index in [1.807, 2.05) is 24.8 Å². The fraction of sp³-hybridized carbons (Fsp3) is 0.389. The number of carbonyl (C=O) groups excluding carboxylic acids is 1. The first-order valence-electron chi connectivity index (χ1n) is 8.36. The van der Waals surface area contributed by atoms with Gasteiger partial charge in [-0.25, -0.2) is 9.97 Å². The number of benzene rings is 1. The summed E-state index contributed by atoms with van der Waals surface area (Å²) in [5.41, 5.74) is 0.868. The quantitative estimate of drug-likeness (QED) is 0.753. The Hall–Kier alpha value is -2.64. The highest BCUT2D eigenvalue weighted by Gasteiger charge is 2.43. The average molecular weight is 366 g/mol. The van der Waals surface area contributed by atoms with Crippen LogP contribution >= 0.6 is 0 Å². The summed E-state index contributed by atoms with van der Waals surface area (Å²) in [7, 11) is 0. The smallest absolute Gasteiger partial charge is 0.341 e. The van der Waals surface area contributed by atoms with Crippen molar-refractivity contribution >= 4 is 17.5 Å². The van der Waals surface area contributed by atoms with E-state index in [-0.39, 0.29) is 12.2 Å². The van der Waals surface area contributed by atoms with E-state index in [4.69, 9.17) is 0 Å². The zero-order chi connectivity index (χ0) is 19.2. The molecule has 0 aliphatic heterocycles. The monoisotopic (exact) mass is 366 g/mol. The summed E-state index contributed by atoms with van der Waals surface area (Å²) in [5, 5.41) is 0. The molecule has 2 aromatic rings. The van der Waals surface area contributed by atoms with E-state index in [0.717, 1.165) is 5.56 Å². The molecular formula is C18H21F3N4O. The van der Waals surface area contributed by atoms with Crippen molar-refractivity contribution < 1.29 is 18.0 Å². The van der Waals surface area contributed by atoms with Gasteiger partial charge in [-0.2, -0.15) is 13.2 Å². The van der Waals surface area contributed by atoms with Gasteiger partial charge in [-0.05, 0) is 25.8 Å². The summed E-state index contributed by atoms with van der Waals surface area (Å²) in [5.74, 6) is -1.51. The Morgan fingerprint density at radius 1 is 1.04 bits per heavy atom. The van der Waals surface area contributed by atoms with Crippen LogP contribution < -0.4 is 9.80 Å². The topological polar surface area (TPSA) is 49.3 Å². The number of hydrogen-bond acceptors (Lipinski definition) is 4. The minimum Gasteiger partial charge on any atom is -0.341 e. The Kier molecular flexibility index (Phi) is 6.54. The molecule has 1 aromatic heterocycles. The zero-order valence-corrected chi connectivity index (χ0v) is 14.7. The Morgan fingerprint density at radius 2 is 1.62 bits per heavy atom. The molecule has 0 unspecified atom stereocenters. The number of alkyl halides is 3. The second kappa shape index (κ2) is 8.64. The lowest BCUT2D eigenvalue weighted by atomic mass is 10.1. The maximum Gasteiger partial charge on any atom is 0.471 e. The van der Waals surface area contributed by atoms with Crippen LogP contribution in [0.5, 0.6) is 0 Å². The van der Waals surface area contributed by atoms with Crippen molar-refractivity contribution in [2.75, 3.05) is 29.4 Å². The summed E-state index contributed by atoms with van der Waals surface area (Å²) < 4.78 is 39.0. The lowest BCUT2D eigenvalue weighted by Gasteiger charge is -2.24. The first kappa shape index (κ1) is 19.7. The SMILES string of the molecule is CCN(CC)c1ncc(N(CCc2ccccc2)C(=O)C(F)(F)F)cn1. The van der Waals surface area contributed by atoms with E-state index in [9.17, 15) is 18.0 Å². The Labute approximate surface area is 150 Å². The van der Waals surface area contributed by atoms with E-state index in [1.54, 1.807) is 24.3 Å².